The summed E-state index contributed by atoms with van der Waals surface area (Å²) in [6, 6.07) is 5.50. The molecule has 0 spiro atoms. The third-order valence-corrected chi connectivity index (χ3v) is 3.19. The zero-order chi connectivity index (χ0) is 14.0. The van der Waals surface area contributed by atoms with E-state index in [0.29, 0.717) is 15.9 Å². The molecule has 0 aliphatic heterocycles. The maximum atomic E-state index is 13.4. The molecule has 0 aliphatic carbocycles. The first-order chi connectivity index (χ1) is 8.99. The molecule has 0 bridgehead atoms. The van der Waals surface area contributed by atoms with Crippen molar-refractivity contribution < 1.29 is 13.6 Å². The molecule has 7 heteroatoms. The first-order valence-corrected chi connectivity index (χ1v) is 6.33. The number of carbonyl (C=O) groups excluding carboxylic acids is 1. The van der Waals surface area contributed by atoms with Crippen molar-refractivity contribution in [1.82, 2.24) is 0 Å². The van der Waals surface area contributed by atoms with Crippen LogP contribution in [-0.2, 0) is 0 Å². The number of benzene rings is 1. The van der Waals surface area contributed by atoms with Gasteiger partial charge in [-0.1, -0.05) is 12.2 Å². The number of thiocarbonyl (C=S) groups is 1. The van der Waals surface area contributed by atoms with E-state index in [2.05, 4.69) is 21.2 Å². The van der Waals surface area contributed by atoms with Gasteiger partial charge >= 0.3 is 0 Å². The van der Waals surface area contributed by atoms with Gasteiger partial charge in [0.25, 0.3) is 5.91 Å². The highest BCUT2D eigenvalue weighted by atomic mass is 79.9. The summed E-state index contributed by atoms with van der Waals surface area (Å²) in [5.74, 6) is -0.920. The maximum absolute atomic E-state index is 13.4. The largest absolute Gasteiger partial charge is 0.457 e. The number of nitrogens with two attached hydrogens (primary N) is 1. The predicted octanol–water partition coefficient (Wildman–Crippen LogP) is 3.07. The third-order valence-electron chi connectivity index (χ3n) is 2.35. The van der Waals surface area contributed by atoms with Crippen molar-refractivity contribution in [3.05, 3.63) is 52.1 Å². The van der Waals surface area contributed by atoms with E-state index in [-0.39, 0.29) is 16.5 Å². The Labute approximate surface area is 121 Å². The van der Waals surface area contributed by atoms with E-state index in [0.717, 1.165) is 0 Å². The molecule has 0 aliphatic rings. The number of amides is 1. The number of carbonyl (C=O) groups is 1. The van der Waals surface area contributed by atoms with Gasteiger partial charge in [-0.15, -0.1) is 0 Å². The highest BCUT2D eigenvalue weighted by Gasteiger charge is 2.14. The van der Waals surface area contributed by atoms with Crippen LogP contribution < -0.4 is 11.1 Å². The Kier molecular flexibility index (Phi) is 3.96. The van der Waals surface area contributed by atoms with Crippen LogP contribution in [0.1, 0.15) is 15.9 Å². The fraction of sp³-hybridized carbons (Fsp3) is 0. The average Bonchev–Trinajstić information content (AvgIpc) is 2.77. The van der Waals surface area contributed by atoms with E-state index in [9.17, 15) is 9.18 Å². The Bertz CT molecular complexity index is 657. The number of anilines is 1. The molecule has 1 amide bonds. The standard InChI is InChI=1S/C12H8BrFN2O2S/c13-10-7(3-4-18-10)12(17)16-6-1-2-9(14)8(5-6)11(15)19/h1-5H,(H2,15,19)(H,16,17). The molecule has 19 heavy (non-hydrogen) atoms. The Morgan fingerprint density at radius 2 is 2.11 bits per heavy atom. The molecular formula is C12H8BrFN2O2S. The Balaban J connectivity index is 2.25. The summed E-state index contributed by atoms with van der Waals surface area (Å²) in [4.78, 5) is 11.8. The summed E-state index contributed by atoms with van der Waals surface area (Å²) >= 11 is 7.83. The molecule has 2 aromatic rings. The third kappa shape index (κ3) is 2.99. The van der Waals surface area contributed by atoms with Gasteiger partial charge in [0, 0.05) is 11.3 Å². The second kappa shape index (κ2) is 5.50. The normalized spacial score (nSPS) is 10.2. The number of hydrogen-bond donors (Lipinski definition) is 2. The highest BCUT2D eigenvalue weighted by Crippen LogP contribution is 2.20. The van der Waals surface area contributed by atoms with Crippen molar-refractivity contribution in [2.45, 2.75) is 0 Å². The van der Waals surface area contributed by atoms with Crippen molar-refractivity contribution in [3.63, 3.8) is 0 Å². The maximum Gasteiger partial charge on any atom is 0.260 e. The number of hydrogen-bond acceptors (Lipinski definition) is 3. The summed E-state index contributed by atoms with van der Waals surface area (Å²) in [6.45, 7) is 0. The van der Waals surface area contributed by atoms with E-state index in [4.69, 9.17) is 22.4 Å². The molecule has 0 unspecified atom stereocenters. The molecule has 98 valence electrons. The molecule has 4 nitrogen and oxygen atoms in total. The highest BCUT2D eigenvalue weighted by molar-refractivity contribution is 9.10. The Morgan fingerprint density at radius 3 is 2.68 bits per heavy atom. The van der Waals surface area contributed by atoms with Gasteiger partial charge in [-0.25, -0.2) is 4.39 Å². The molecule has 0 saturated carbocycles. The summed E-state index contributed by atoms with van der Waals surface area (Å²) in [6.07, 6.45) is 1.38. The van der Waals surface area contributed by atoms with Crippen LogP contribution in [0.3, 0.4) is 0 Å². The quantitative estimate of drug-likeness (QED) is 0.841. The van der Waals surface area contributed by atoms with Crippen LogP contribution in [0.2, 0.25) is 0 Å². The predicted molar refractivity (Wildman–Crippen MR) is 76.6 cm³/mol. The Morgan fingerprint density at radius 1 is 1.37 bits per heavy atom. The van der Waals surface area contributed by atoms with Crippen LogP contribution in [0.5, 0.6) is 0 Å². The number of rotatable bonds is 3. The summed E-state index contributed by atoms with van der Waals surface area (Å²) < 4.78 is 18.7. The van der Waals surface area contributed by atoms with Gasteiger partial charge in [0.15, 0.2) is 4.67 Å². The van der Waals surface area contributed by atoms with E-state index in [1.54, 1.807) is 0 Å². The van der Waals surface area contributed by atoms with Crippen LogP contribution in [0.25, 0.3) is 0 Å². The van der Waals surface area contributed by atoms with E-state index in [1.165, 1.54) is 30.5 Å². The average molecular weight is 343 g/mol. The van der Waals surface area contributed by atoms with Crippen molar-refractivity contribution >= 4 is 44.7 Å². The van der Waals surface area contributed by atoms with Crippen LogP contribution >= 0.6 is 28.1 Å². The molecule has 1 aromatic carbocycles. The second-order valence-corrected chi connectivity index (χ2v) is 4.78. The minimum absolute atomic E-state index is 0.0712. The zero-order valence-electron chi connectivity index (χ0n) is 9.44. The molecule has 0 fully saturated rings. The first-order valence-electron chi connectivity index (χ1n) is 5.12. The van der Waals surface area contributed by atoms with Crippen LogP contribution in [-0.4, -0.2) is 10.9 Å². The fourth-order valence-electron chi connectivity index (χ4n) is 1.45. The summed E-state index contributed by atoms with van der Waals surface area (Å²) in [5.41, 5.74) is 6.20. The Hall–Kier alpha value is -1.73. The summed E-state index contributed by atoms with van der Waals surface area (Å²) in [5, 5.41) is 2.60. The molecule has 1 heterocycles. The van der Waals surface area contributed by atoms with E-state index in [1.807, 2.05) is 0 Å². The van der Waals surface area contributed by atoms with Crippen molar-refractivity contribution in [2.24, 2.45) is 5.73 Å². The van der Waals surface area contributed by atoms with Gasteiger partial charge in [-0.2, -0.15) is 0 Å². The molecule has 0 saturated heterocycles. The van der Waals surface area contributed by atoms with Crippen LogP contribution in [0.15, 0.2) is 39.6 Å². The van der Waals surface area contributed by atoms with Gasteiger partial charge < -0.3 is 15.5 Å². The van der Waals surface area contributed by atoms with E-state index < -0.39 is 5.82 Å². The first kappa shape index (κ1) is 13.7. The lowest BCUT2D eigenvalue weighted by Gasteiger charge is -2.07. The second-order valence-electron chi connectivity index (χ2n) is 3.62. The zero-order valence-corrected chi connectivity index (χ0v) is 11.8. The van der Waals surface area contributed by atoms with Gasteiger partial charge in [-0.05, 0) is 40.2 Å². The van der Waals surface area contributed by atoms with Crippen molar-refractivity contribution in [1.29, 1.82) is 0 Å². The molecule has 3 N–H and O–H groups in total. The lowest BCUT2D eigenvalue weighted by Crippen LogP contribution is -2.15. The molecule has 1 aromatic heterocycles. The lowest BCUT2D eigenvalue weighted by atomic mass is 10.2. The number of furan rings is 1. The molecule has 0 atom stereocenters. The van der Waals surface area contributed by atoms with Crippen LogP contribution in [0, 0.1) is 5.82 Å². The van der Waals surface area contributed by atoms with E-state index >= 15 is 0 Å². The lowest BCUT2D eigenvalue weighted by molar-refractivity contribution is 0.102. The van der Waals surface area contributed by atoms with Gasteiger partial charge in [0.1, 0.15) is 10.8 Å². The van der Waals surface area contributed by atoms with Crippen molar-refractivity contribution in [2.75, 3.05) is 5.32 Å². The number of halogens is 2. The SMILES string of the molecule is NC(=S)c1cc(NC(=O)c2ccoc2Br)ccc1F. The topological polar surface area (TPSA) is 68.3 Å². The monoisotopic (exact) mass is 342 g/mol. The number of nitrogens with one attached hydrogen (secondary N) is 1. The van der Waals surface area contributed by atoms with Gasteiger partial charge in [0.2, 0.25) is 0 Å². The van der Waals surface area contributed by atoms with Crippen LogP contribution in [0.4, 0.5) is 10.1 Å². The van der Waals surface area contributed by atoms with Crippen molar-refractivity contribution in [3.8, 4) is 0 Å². The van der Waals surface area contributed by atoms with Gasteiger partial charge in [0.05, 0.1) is 11.8 Å². The smallest absolute Gasteiger partial charge is 0.260 e. The molecular weight excluding hydrogens is 335 g/mol. The molecule has 2 rings (SSSR count). The fourth-order valence-corrected chi connectivity index (χ4v) is 2.02. The molecule has 0 radical (unpaired) electrons. The van der Waals surface area contributed by atoms with Gasteiger partial charge in [-0.3, -0.25) is 4.79 Å². The minimum Gasteiger partial charge on any atom is -0.457 e. The minimum atomic E-state index is -0.532. The summed E-state index contributed by atoms with van der Waals surface area (Å²) in [7, 11) is 0.